The van der Waals surface area contributed by atoms with Crippen LogP contribution in [-0.2, 0) is 6.42 Å². The summed E-state index contributed by atoms with van der Waals surface area (Å²) in [5.41, 5.74) is 7.22. The molecule has 0 aliphatic heterocycles. The molecule has 92 valence electrons. The lowest BCUT2D eigenvalue weighted by atomic mass is 9.98. The van der Waals surface area contributed by atoms with E-state index in [2.05, 4.69) is 24.1 Å². The van der Waals surface area contributed by atoms with Crippen molar-refractivity contribution in [2.75, 3.05) is 7.11 Å². The predicted octanol–water partition coefficient (Wildman–Crippen LogP) is 2.74. The summed E-state index contributed by atoms with van der Waals surface area (Å²) >= 11 is 0. The Bertz CT molecular complexity index is 583. The number of fused-ring (bicyclic) bond motifs is 1. The molecule has 0 amide bonds. The highest BCUT2D eigenvalue weighted by Crippen LogP contribution is 2.24. The number of benzene rings is 2. The Labute approximate surface area is 108 Å². The van der Waals surface area contributed by atoms with E-state index in [-0.39, 0.29) is 6.04 Å². The van der Waals surface area contributed by atoms with Gasteiger partial charge in [0.15, 0.2) is 0 Å². The Kier molecular flexibility index (Phi) is 3.86. The fraction of sp³-hybridized carbons (Fsp3) is 0.250. The summed E-state index contributed by atoms with van der Waals surface area (Å²) in [6.45, 7) is 0. The van der Waals surface area contributed by atoms with Gasteiger partial charge in [-0.05, 0) is 34.9 Å². The van der Waals surface area contributed by atoms with Crippen molar-refractivity contribution in [2.24, 2.45) is 5.73 Å². The fourth-order valence-corrected chi connectivity index (χ4v) is 2.13. The van der Waals surface area contributed by atoms with Crippen LogP contribution in [0, 0.1) is 12.3 Å². The number of methoxy groups -OCH3 is 1. The molecule has 0 aliphatic carbocycles. The van der Waals surface area contributed by atoms with E-state index in [1.165, 1.54) is 16.3 Å². The van der Waals surface area contributed by atoms with Gasteiger partial charge in [-0.3, -0.25) is 0 Å². The Morgan fingerprint density at radius 1 is 1.33 bits per heavy atom. The first-order valence-electron chi connectivity index (χ1n) is 5.99. The molecule has 0 aliphatic rings. The summed E-state index contributed by atoms with van der Waals surface area (Å²) in [7, 11) is 1.67. The van der Waals surface area contributed by atoms with Crippen LogP contribution in [0.15, 0.2) is 36.4 Å². The van der Waals surface area contributed by atoms with Crippen molar-refractivity contribution >= 4 is 10.8 Å². The summed E-state index contributed by atoms with van der Waals surface area (Å²) < 4.78 is 5.27. The van der Waals surface area contributed by atoms with Gasteiger partial charge < -0.3 is 10.5 Å². The topological polar surface area (TPSA) is 35.2 Å². The van der Waals surface area contributed by atoms with Crippen molar-refractivity contribution in [2.45, 2.75) is 18.9 Å². The minimum Gasteiger partial charge on any atom is -0.497 e. The molecule has 0 heterocycles. The van der Waals surface area contributed by atoms with Gasteiger partial charge in [0.1, 0.15) is 5.75 Å². The van der Waals surface area contributed by atoms with E-state index in [4.69, 9.17) is 16.9 Å². The first-order chi connectivity index (χ1) is 8.74. The molecule has 0 radical (unpaired) electrons. The highest BCUT2D eigenvalue weighted by atomic mass is 16.5. The van der Waals surface area contributed by atoms with Gasteiger partial charge in [-0.1, -0.05) is 24.3 Å². The van der Waals surface area contributed by atoms with Gasteiger partial charge in [0.2, 0.25) is 0 Å². The van der Waals surface area contributed by atoms with Gasteiger partial charge in [0.25, 0.3) is 0 Å². The molecule has 0 aromatic heterocycles. The molecule has 0 bridgehead atoms. The van der Waals surface area contributed by atoms with Crippen LogP contribution >= 0.6 is 0 Å². The lowest BCUT2D eigenvalue weighted by Crippen LogP contribution is -2.22. The van der Waals surface area contributed by atoms with E-state index in [9.17, 15) is 0 Å². The summed E-state index contributed by atoms with van der Waals surface area (Å²) in [6, 6.07) is 12.3. The molecule has 2 aromatic rings. The molecule has 1 atom stereocenters. The number of rotatable bonds is 4. The fourth-order valence-electron chi connectivity index (χ4n) is 2.13. The van der Waals surface area contributed by atoms with E-state index in [0.29, 0.717) is 6.42 Å². The predicted molar refractivity (Wildman–Crippen MR) is 75.6 cm³/mol. The zero-order valence-corrected chi connectivity index (χ0v) is 10.5. The third-order valence-corrected chi connectivity index (χ3v) is 3.04. The van der Waals surface area contributed by atoms with E-state index in [1.807, 2.05) is 18.2 Å². The summed E-state index contributed by atoms with van der Waals surface area (Å²) in [6.07, 6.45) is 6.68. The molecule has 0 saturated heterocycles. The maximum Gasteiger partial charge on any atom is 0.119 e. The van der Waals surface area contributed by atoms with Gasteiger partial charge >= 0.3 is 0 Å². The van der Waals surface area contributed by atoms with Gasteiger partial charge in [0.05, 0.1) is 7.11 Å². The molecule has 0 fully saturated rings. The molecule has 2 rings (SSSR count). The second kappa shape index (κ2) is 5.57. The normalized spacial score (nSPS) is 12.1. The average Bonchev–Trinajstić information content (AvgIpc) is 2.39. The molecular formula is C16H17NO. The molecule has 2 N–H and O–H groups in total. The molecule has 2 nitrogen and oxygen atoms in total. The number of hydrogen-bond acceptors (Lipinski definition) is 2. The molecule has 2 heteroatoms. The van der Waals surface area contributed by atoms with Crippen molar-refractivity contribution in [3.8, 4) is 18.1 Å². The van der Waals surface area contributed by atoms with Crippen LogP contribution in [0.4, 0.5) is 0 Å². The van der Waals surface area contributed by atoms with Crippen LogP contribution in [0.25, 0.3) is 10.8 Å². The van der Waals surface area contributed by atoms with Crippen molar-refractivity contribution in [1.29, 1.82) is 0 Å². The van der Waals surface area contributed by atoms with E-state index < -0.39 is 0 Å². The molecule has 0 saturated carbocycles. The molecular weight excluding hydrogens is 222 g/mol. The zero-order chi connectivity index (χ0) is 13.0. The van der Waals surface area contributed by atoms with Crippen LogP contribution in [0.2, 0.25) is 0 Å². The SMILES string of the molecule is C#CCC(N)Cc1cccc2ccc(OC)cc12. The lowest BCUT2D eigenvalue weighted by molar-refractivity contribution is 0.415. The van der Waals surface area contributed by atoms with Crippen LogP contribution in [0.3, 0.4) is 0 Å². The van der Waals surface area contributed by atoms with Crippen molar-refractivity contribution in [3.63, 3.8) is 0 Å². The zero-order valence-electron chi connectivity index (χ0n) is 10.5. The number of nitrogens with two attached hydrogens (primary N) is 1. The lowest BCUT2D eigenvalue weighted by Gasteiger charge is -2.12. The van der Waals surface area contributed by atoms with Gasteiger partial charge in [-0.15, -0.1) is 12.3 Å². The maximum atomic E-state index is 6.00. The Morgan fingerprint density at radius 3 is 2.89 bits per heavy atom. The van der Waals surface area contributed by atoms with Crippen LogP contribution in [-0.4, -0.2) is 13.2 Å². The van der Waals surface area contributed by atoms with E-state index in [1.54, 1.807) is 7.11 Å². The molecule has 2 aromatic carbocycles. The van der Waals surface area contributed by atoms with Crippen molar-refractivity contribution in [3.05, 3.63) is 42.0 Å². The highest BCUT2D eigenvalue weighted by Gasteiger charge is 2.07. The summed E-state index contributed by atoms with van der Waals surface area (Å²) in [5.74, 6) is 3.47. The highest BCUT2D eigenvalue weighted by molar-refractivity contribution is 5.87. The Balaban J connectivity index is 2.40. The number of ether oxygens (including phenoxy) is 1. The number of hydrogen-bond donors (Lipinski definition) is 1. The summed E-state index contributed by atoms with van der Waals surface area (Å²) in [4.78, 5) is 0. The first kappa shape index (κ1) is 12.5. The number of terminal acetylenes is 1. The van der Waals surface area contributed by atoms with Crippen molar-refractivity contribution < 1.29 is 4.74 Å². The Morgan fingerprint density at radius 2 is 2.17 bits per heavy atom. The van der Waals surface area contributed by atoms with Gasteiger partial charge in [0, 0.05) is 12.5 Å². The largest absolute Gasteiger partial charge is 0.497 e. The van der Waals surface area contributed by atoms with Crippen LogP contribution in [0.5, 0.6) is 5.75 Å². The van der Waals surface area contributed by atoms with E-state index in [0.717, 1.165) is 12.2 Å². The summed E-state index contributed by atoms with van der Waals surface area (Å²) in [5, 5.41) is 2.38. The first-order valence-corrected chi connectivity index (χ1v) is 5.99. The second-order valence-corrected chi connectivity index (χ2v) is 4.38. The van der Waals surface area contributed by atoms with Gasteiger partial charge in [-0.25, -0.2) is 0 Å². The van der Waals surface area contributed by atoms with Gasteiger partial charge in [-0.2, -0.15) is 0 Å². The molecule has 0 spiro atoms. The quantitative estimate of drug-likeness (QED) is 0.833. The minimum absolute atomic E-state index is 0.00630. The van der Waals surface area contributed by atoms with Crippen LogP contribution < -0.4 is 10.5 Å². The third kappa shape index (κ3) is 2.64. The molecule has 18 heavy (non-hydrogen) atoms. The molecule has 1 unspecified atom stereocenters. The average molecular weight is 239 g/mol. The van der Waals surface area contributed by atoms with Crippen molar-refractivity contribution in [1.82, 2.24) is 0 Å². The minimum atomic E-state index is 0.00630. The van der Waals surface area contributed by atoms with E-state index >= 15 is 0 Å². The monoisotopic (exact) mass is 239 g/mol. The Hall–Kier alpha value is -1.98. The van der Waals surface area contributed by atoms with Crippen LogP contribution in [0.1, 0.15) is 12.0 Å². The third-order valence-electron chi connectivity index (χ3n) is 3.04. The second-order valence-electron chi connectivity index (χ2n) is 4.38. The standard InChI is InChI=1S/C16H17NO/c1-3-5-14(17)10-13-7-4-6-12-8-9-15(18-2)11-16(12)13/h1,4,6-9,11,14H,5,10,17H2,2H3. The maximum absolute atomic E-state index is 6.00. The smallest absolute Gasteiger partial charge is 0.119 e.